The predicted molar refractivity (Wildman–Crippen MR) is 71.0 cm³/mol. The lowest BCUT2D eigenvalue weighted by atomic mass is 10.1. The van der Waals surface area contributed by atoms with Crippen LogP contribution in [-0.4, -0.2) is 23.4 Å². The molecule has 0 radical (unpaired) electrons. The largest absolute Gasteiger partial charge is 0.335 e. The summed E-state index contributed by atoms with van der Waals surface area (Å²) >= 11 is 3.53. The van der Waals surface area contributed by atoms with Gasteiger partial charge in [-0.1, -0.05) is 12.1 Å². The summed E-state index contributed by atoms with van der Waals surface area (Å²) in [4.78, 5) is 14.6. The molecule has 1 aliphatic heterocycles. The fourth-order valence-electron chi connectivity index (χ4n) is 3.14. The zero-order valence-corrected chi connectivity index (χ0v) is 11.5. The molecule has 3 heteroatoms. The van der Waals surface area contributed by atoms with Gasteiger partial charge in [0.15, 0.2) is 0 Å². The van der Waals surface area contributed by atoms with Crippen LogP contribution in [0, 0.1) is 12.8 Å². The maximum atomic E-state index is 12.5. The number of hydrogen-bond acceptors (Lipinski definition) is 1. The molecule has 2 bridgehead atoms. The number of hydrogen-bond donors (Lipinski definition) is 0. The maximum absolute atomic E-state index is 12.5. The van der Waals surface area contributed by atoms with Crippen molar-refractivity contribution in [2.45, 2.75) is 32.2 Å². The van der Waals surface area contributed by atoms with Crippen LogP contribution >= 0.6 is 15.9 Å². The molecule has 1 aliphatic carbocycles. The van der Waals surface area contributed by atoms with E-state index in [-0.39, 0.29) is 5.91 Å². The van der Waals surface area contributed by atoms with Crippen LogP contribution in [0.2, 0.25) is 0 Å². The van der Waals surface area contributed by atoms with Crippen molar-refractivity contribution in [1.82, 2.24) is 4.90 Å². The van der Waals surface area contributed by atoms with Crippen molar-refractivity contribution in [3.63, 3.8) is 0 Å². The molecule has 2 nitrogen and oxygen atoms in total. The van der Waals surface area contributed by atoms with Gasteiger partial charge < -0.3 is 4.90 Å². The Morgan fingerprint density at radius 1 is 1.41 bits per heavy atom. The van der Waals surface area contributed by atoms with Crippen LogP contribution in [0.3, 0.4) is 0 Å². The van der Waals surface area contributed by atoms with E-state index in [2.05, 4.69) is 20.8 Å². The molecule has 0 aromatic heterocycles. The van der Waals surface area contributed by atoms with E-state index in [0.717, 1.165) is 28.1 Å². The number of carbonyl (C=O) groups is 1. The molecule has 2 unspecified atom stereocenters. The minimum Gasteiger partial charge on any atom is -0.335 e. The van der Waals surface area contributed by atoms with Gasteiger partial charge in [0.1, 0.15) is 0 Å². The van der Waals surface area contributed by atoms with Gasteiger partial charge >= 0.3 is 0 Å². The van der Waals surface area contributed by atoms with Gasteiger partial charge in [-0.15, -0.1) is 0 Å². The Bertz CT molecular complexity index is 471. The number of amides is 1. The molecule has 0 N–H and O–H groups in total. The molecule has 1 heterocycles. The molecule has 90 valence electrons. The third kappa shape index (κ3) is 1.81. The number of rotatable bonds is 1. The molecule has 1 aromatic rings. The summed E-state index contributed by atoms with van der Waals surface area (Å²) in [6.45, 7) is 2.99. The van der Waals surface area contributed by atoms with E-state index in [4.69, 9.17) is 0 Å². The third-order valence-electron chi connectivity index (χ3n) is 4.09. The Hall–Kier alpha value is -0.830. The number of nitrogens with zero attached hydrogens (tertiary/aromatic N) is 1. The van der Waals surface area contributed by atoms with Gasteiger partial charge in [-0.05, 0) is 59.7 Å². The van der Waals surface area contributed by atoms with E-state index in [0.29, 0.717) is 6.04 Å². The number of piperidine rings is 1. The molecule has 1 saturated carbocycles. The van der Waals surface area contributed by atoms with Crippen LogP contribution in [-0.2, 0) is 0 Å². The minimum atomic E-state index is 0.202. The van der Waals surface area contributed by atoms with Crippen LogP contribution in [0.4, 0.5) is 0 Å². The number of aryl methyl sites for hydroxylation is 1. The highest BCUT2D eigenvalue weighted by Gasteiger charge is 2.40. The van der Waals surface area contributed by atoms with Gasteiger partial charge in [0, 0.05) is 17.1 Å². The van der Waals surface area contributed by atoms with Crippen molar-refractivity contribution >= 4 is 21.8 Å². The van der Waals surface area contributed by atoms with E-state index in [1.165, 1.54) is 19.3 Å². The molecule has 17 heavy (non-hydrogen) atoms. The molecule has 1 saturated heterocycles. The topological polar surface area (TPSA) is 20.3 Å². The van der Waals surface area contributed by atoms with Gasteiger partial charge in [-0.2, -0.15) is 0 Å². The second kappa shape index (κ2) is 4.13. The molecule has 1 aromatic carbocycles. The number of fused-ring (bicyclic) bond motifs is 2. The first-order valence-corrected chi connectivity index (χ1v) is 7.02. The Kier molecular flexibility index (Phi) is 2.74. The van der Waals surface area contributed by atoms with Gasteiger partial charge in [0.2, 0.25) is 0 Å². The van der Waals surface area contributed by atoms with Crippen LogP contribution in [0.1, 0.15) is 35.2 Å². The molecule has 0 spiro atoms. The normalized spacial score (nSPS) is 26.6. The number of likely N-dealkylation sites (tertiary alicyclic amines) is 1. The van der Waals surface area contributed by atoms with Gasteiger partial charge in [-0.25, -0.2) is 0 Å². The minimum absolute atomic E-state index is 0.202. The summed E-state index contributed by atoms with van der Waals surface area (Å²) in [5.41, 5.74) is 1.94. The van der Waals surface area contributed by atoms with Crippen molar-refractivity contribution in [2.75, 3.05) is 6.54 Å². The summed E-state index contributed by atoms with van der Waals surface area (Å²) < 4.78 is 0.952. The molecular formula is C14H16BrNO. The van der Waals surface area contributed by atoms with Crippen molar-refractivity contribution in [3.8, 4) is 0 Å². The number of halogens is 1. The zero-order valence-electron chi connectivity index (χ0n) is 9.95. The Morgan fingerprint density at radius 2 is 2.24 bits per heavy atom. The predicted octanol–water partition coefficient (Wildman–Crippen LogP) is 3.38. The van der Waals surface area contributed by atoms with Crippen molar-refractivity contribution < 1.29 is 4.79 Å². The lowest BCUT2D eigenvalue weighted by Gasteiger charge is -2.27. The molecule has 2 atom stereocenters. The van der Waals surface area contributed by atoms with Crippen molar-refractivity contribution in [2.24, 2.45) is 5.92 Å². The first-order chi connectivity index (χ1) is 8.16. The van der Waals surface area contributed by atoms with Crippen LogP contribution in [0.25, 0.3) is 0 Å². The summed E-state index contributed by atoms with van der Waals surface area (Å²) in [5.74, 6) is 0.959. The average molecular weight is 294 g/mol. The highest BCUT2D eigenvalue weighted by Crippen LogP contribution is 2.38. The molecule has 1 amide bonds. The second-order valence-electron chi connectivity index (χ2n) is 5.23. The Balaban J connectivity index is 1.89. The quantitative estimate of drug-likeness (QED) is 0.777. The Morgan fingerprint density at radius 3 is 2.88 bits per heavy atom. The highest BCUT2D eigenvalue weighted by atomic mass is 79.9. The standard InChI is InChI=1S/C14H16BrNO/c1-9-3-2-4-12(13(9)15)14(17)16-8-10-5-6-11(16)7-10/h2-4,10-11H,5-8H2,1H3. The average Bonchev–Trinajstić information content (AvgIpc) is 2.94. The van der Waals surface area contributed by atoms with E-state index in [1.807, 2.05) is 25.1 Å². The van der Waals surface area contributed by atoms with Crippen molar-refractivity contribution in [3.05, 3.63) is 33.8 Å². The smallest absolute Gasteiger partial charge is 0.255 e. The number of benzene rings is 1. The first-order valence-electron chi connectivity index (χ1n) is 6.23. The van der Waals surface area contributed by atoms with E-state index in [9.17, 15) is 4.79 Å². The lowest BCUT2D eigenvalue weighted by molar-refractivity contribution is 0.0702. The highest BCUT2D eigenvalue weighted by molar-refractivity contribution is 9.10. The third-order valence-corrected chi connectivity index (χ3v) is 5.14. The molecule has 2 fully saturated rings. The molecule has 2 aliphatic rings. The summed E-state index contributed by atoms with van der Waals surface area (Å²) in [6, 6.07) is 6.41. The zero-order chi connectivity index (χ0) is 12.0. The molecule has 3 rings (SSSR count). The monoisotopic (exact) mass is 293 g/mol. The summed E-state index contributed by atoms with van der Waals surface area (Å²) in [6.07, 6.45) is 3.72. The molecular weight excluding hydrogens is 278 g/mol. The summed E-state index contributed by atoms with van der Waals surface area (Å²) in [7, 11) is 0. The van der Waals surface area contributed by atoms with E-state index < -0.39 is 0 Å². The van der Waals surface area contributed by atoms with Crippen LogP contribution in [0.5, 0.6) is 0 Å². The maximum Gasteiger partial charge on any atom is 0.255 e. The summed E-state index contributed by atoms with van der Waals surface area (Å²) in [5, 5.41) is 0. The Labute approximate surface area is 110 Å². The van der Waals surface area contributed by atoms with Gasteiger partial charge in [-0.3, -0.25) is 4.79 Å². The van der Waals surface area contributed by atoms with Gasteiger partial charge in [0.05, 0.1) is 5.56 Å². The SMILES string of the molecule is Cc1cccc(C(=O)N2CC3CCC2C3)c1Br. The van der Waals surface area contributed by atoms with Crippen LogP contribution in [0.15, 0.2) is 22.7 Å². The fourth-order valence-corrected chi connectivity index (χ4v) is 3.57. The van der Waals surface area contributed by atoms with E-state index >= 15 is 0 Å². The van der Waals surface area contributed by atoms with Crippen molar-refractivity contribution in [1.29, 1.82) is 0 Å². The van der Waals surface area contributed by atoms with E-state index in [1.54, 1.807) is 0 Å². The second-order valence-corrected chi connectivity index (χ2v) is 6.02. The fraction of sp³-hybridized carbons (Fsp3) is 0.500. The first kappa shape index (κ1) is 11.3. The lowest BCUT2D eigenvalue weighted by Crippen LogP contribution is -2.37. The van der Waals surface area contributed by atoms with Gasteiger partial charge in [0.25, 0.3) is 5.91 Å². The number of carbonyl (C=O) groups excluding carboxylic acids is 1. The van der Waals surface area contributed by atoms with Crippen LogP contribution < -0.4 is 0 Å².